The smallest absolute Gasteiger partial charge is 0.270 e. The highest BCUT2D eigenvalue weighted by Gasteiger charge is 2.26. The first-order chi connectivity index (χ1) is 14.2. The van der Waals surface area contributed by atoms with Gasteiger partial charge in [0.05, 0.1) is 12.2 Å². The molecular weight excluding hydrogens is 369 g/mol. The third kappa shape index (κ3) is 3.40. The fourth-order valence-corrected chi connectivity index (χ4v) is 3.90. The molecule has 6 nitrogen and oxygen atoms in total. The minimum absolute atomic E-state index is 0.0326. The van der Waals surface area contributed by atoms with Crippen molar-refractivity contribution in [3.63, 3.8) is 0 Å². The molecule has 2 aromatic carbocycles. The van der Waals surface area contributed by atoms with E-state index >= 15 is 0 Å². The lowest BCUT2D eigenvalue weighted by Crippen LogP contribution is -2.39. The van der Waals surface area contributed by atoms with Crippen molar-refractivity contribution in [2.45, 2.75) is 18.9 Å². The molecular formula is C22H20FN5O. The number of nitrogens with one attached hydrogen (secondary N) is 1. The molecule has 0 radical (unpaired) electrons. The van der Waals surface area contributed by atoms with Crippen molar-refractivity contribution in [1.29, 1.82) is 0 Å². The molecule has 1 N–H and O–H groups in total. The van der Waals surface area contributed by atoms with E-state index in [9.17, 15) is 9.18 Å². The minimum atomic E-state index is -0.270. The molecule has 1 saturated heterocycles. The molecule has 1 aliphatic heterocycles. The van der Waals surface area contributed by atoms with Crippen LogP contribution in [0.3, 0.4) is 0 Å². The molecule has 1 fully saturated rings. The van der Waals surface area contributed by atoms with Gasteiger partial charge in [0.15, 0.2) is 0 Å². The Labute approximate surface area is 167 Å². The fourth-order valence-electron chi connectivity index (χ4n) is 3.90. The van der Waals surface area contributed by atoms with Gasteiger partial charge >= 0.3 is 0 Å². The van der Waals surface area contributed by atoms with E-state index < -0.39 is 0 Å². The Morgan fingerprint density at radius 2 is 1.83 bits per heavy atom. The van der Waals surface area contributed by atoms with Gasteiger partial charge < -0.3 is 9.88 Å². The van der Waals surface area contributed by atoms with Crippen LogP contribution < -0.4 is 0 Å². The van der Waals surface area contributed by atoms with Gasteiger partial charge in [-0.3, -0.25) is 4.79 Å². The summed E-state index contributed by atoms with van der Waals surface area (Å²) < 4.78 is 15.0. The second-order valence-electron chi connectivity index (χ2n) is 7.38. The fraction of sp³-hybridized carbons (Fsp3) is 0.227. The number of H-pyrrole nitrogens is 1. The van der Waals surface area contributed by atoms with Gasteiger partial charge in [0.1, 0.15) is 17.2 Å². The maximum absolute atomic E-state index is 13.1. The summed E-state index contributed by atoms with van der Waals surface area (Å²) in [5, 5.41) is 9.52. The molecule has 5 rings (SSSR count). The van der Waals surface area contributed by atoms with E-state index in [0.717, 1.165) is 35.0 Å². The first-order valence-corrected chi connectivity index (χ1v) is 9.72. The summed E-state index contributed by atoms with van der Waals surface area (Å²) in [6.45, 7) is 1.34. The summed E-state index contributed by atoms with van der Waals surface area (Å²) in [5.41, 5.74) is 3.16. The summed E-state index contributed by atoms with van der Waals surface area (Å²) in [4.78, 5) is 18.0. The lowest BCUT2D eigenvalue weighted by molar-refractivity contribution is 0.0684. The normalized spacial score (nSPS) is 15.1. The highest BCUT2D eigenvalue weighted by molar-refractivity contribution is 5.98. The van der Waals surface area contributed by atoms with Gasteiger partial charge in [-0.2, -0.15) is 0 Å². The van der Waals surface area contributed by atoms with Crippen LogP contribution in [0, 0.1) is 5.82 Å². The zero-order valence-electron chi connectivity index (χ0n) is 15.8. The van der Waals surface area contributed by atoms with E-state index in [1.54, 1.807) is 12.1 Å². The van der Waals surface area contributed by atoms with Crippen LogP contribution in [0.5, 0.6) is 0 Å². The topological polar surface area (TPSA) is 66.8 Å². The second-order valence-corrected chi connectivity index (χ2v) is 7.38. The van der Waals surface area contributed by atoms with E-state index in [4.69, 9.17) is 0 Å². The van der Waals surface area contributed by atoms with Crippen molar-refractivity contribution in [1.82, 2.24) is 24.9 Å². The molecule has 2 aromatic heterocycles. The zero-order valence-corrected chi connectivity index (χ0v) is 15.8. The zero-order chi connectivity index (χ0) is 19.8. The number of nitrogens with zero attached hydrogens (tertiary/aromatic N) is 4. The Balaban J connectivity index is 1.25. The largest absolute Gasteiger partial charge is 0.351 e. The molecule has 3 heterocycles. The third-order valence-corrected chi connectivity index (χ3v) is 5.54. The van der Waals surface area contributed by atoms with Crippen LogP contribution in [0.15, 0.2) is 60.8 Å². The average Bonchev–Trinajstić information content (AvgIpc) is 3.41. The van der Waals surface area contributed by atoms with Gasteiger partial charge in [0.25, 0.3) is 5.91 Å². The van der Waals surface area contributed by atoms with Crippen molar-refractivity contribution in [3.05, 3.63) is 72.3 Å². The number of carbonyl (C=O) groups excluding carboxylic acids is 1. The van der Waals surface area contributed by atoms with E-state index in [0.29, 0.717) is 18.8 Å². The number of likely N-dealkylation sites (tertiary alicyclic amines) is 1. The molecule has 7 heteroatoms. The molecule has 0 atom stereocenters. The van der Waals surface area contributed by atoms with E-state index in [1.807, 2.05) is 46.1 Å². The Morgan fingerprint density at radius 1 is 1.07 bits per heavy atom. The van der Waals surface area contributed by atoms with Crippen LogP contribution in [0.25, 0.3) is 22.2 Å². The molecule has 29 heavy (non-hydrogen) atoms. The molecule has 1 aliphatic rings. The molecule has 0 bridgehead atoms. The van der Waals surface area contributed by atoms with Crippen molar-refractivity contribution in [2.75, 3.05) is 13.1 Å². The quantitative estimate of drug-likeness (QED) is 0.575. The van der Waals surface area contributed by atoms with Crippen LogP contribution in [0.2, 0.25) is 0 Å². The number of piperidine rings is 1. The Morgan fingerprint density at radius 3 is 2.59 bits per heavy atom. The van der Waals surface area contributed by atoms with Crippen LogP contribution in [0.1, 0.15) is 29.4 Å². The van der Waals surface area contributed by atoms with Gasteiger partial charge in [0.2, 0.25) is 0 Å². The highest BCUT2D eigenvalue weighted by atomic mass is 19.1. The van der Waals surface area contributed by atoms with E-state index in [1.165, 1.54) is 12.1 Å². The number of benzene rings is 2. The molecule has 4 aromatic rings. The first-order valence-electron chi connectivity index (χ1n) is 9.72. The Kier molecular flexibility index (Phi) is 4.35. The maximum atomic E-state index is 13.1. The van der Waals surface area contributed by atoms with Crippen molar-refractivity contribution < 1.29 is 9.18 Å². The number of fused-ring (bicyclic) bond motifs is 1. The van der Waals surface area contributed by atoms with Crippen LogP contribution in [-0.4, -0.2) is 43.9 Å². The van der Waals surface area contributed by atoms with Crippen LogP contribution in [0.4, 0.5) is 4.39 Å². The molecule has 0 saturated carbocycles. The van der Waals surface area contributed by atoms with Crippen LogP contribution >= 0.6 is 0 Å². The van der Waals surface area contributed by atoms with Crippen molar-refractivity contribution in [3.8, 4) is 11.3 Å². The summed E-state index contributed by atoms with van der Waals surface area (Å²) in [6, 6.07) is 16.2. The predicted octanol–water partition coefficient (Wildman–Crippen LogP) is 4.04. The summed E-state index contributed by atoms with van der Waals surface area (Å²) >= 11 is 0. The lowest BCUT2D eigenvalue weighted by Gasteiger charge is -2.31. The van der Waals surface area contributed by atoms with Gasteiger partial charge in [-0.15, -0.1) is 5.10 Å². The standard InChI is InChI=1S/C22H20FN5O/c23-17-7-5-15(6-8-17)21-14-28(26-25-21)18-9-11-27(12-10-18)22(29)20-13-16-3-1-2-4-19(16)24-20/h1-8,13-14,18,24H,9-12H2. The highest BCUT2D eigenvalue weighted by Crippen LogP contribution is 2.25. The number of carbonyl (C=O) groups is 1. The maximum Gasteiger partial charge on any atom is 0.270 e. The molecule has 1 amide bonds. The number of aromatic nitrogens is 4. The number of hydrogen-bond donors (Lipinski definition) is 1. The van der Waals surface area contributed by atoms with Gasteiger partial charge in [-0.1, -0.05) is 23.4 Å². The Bertz CT molecular complexity index is 1120. The number of hydrogen-bond acceptors (Lipinski definition) is 3. The number of halogens is 1. The summed E-state index contributed by atoms with van der Waals surface area (Å²) in [6.07, 6.45) is 3.53. The average molecular weight is 389 g/mol. The van der Waals surface area contributed by atoms with Gasteiger partial charge in [-0.25, -0.2) is 9.07 Å². The lowest BCUT2D eigenvalue weighted by atomic mass is 10.0. The molecule has 146 valence electrons. The number of aromatic amines is 1. The van der Waals surface area contributed by atoms with Crippen molar-refractivity contribution in [2.24, 2.45) is 0 Å². The SMILES string of the molecule is O=C(c1cc2ccccc2[nH]1)N1CCC(n2cc(-c3ccc(F)cc3)nn2)CC1. The van der Waals surface area contributed by atoms with Crippen LogP contribution in [-0.2, 0) is 0 Å². The molecule has 0 unspecified atom stereocenters. The Hall–Kier alpha value is -3.48. The number of para-hydroxylation sites is 1. The van der Waals surface area contributed by atoms with E-state index in [2.05, 4.69) is 15.3 Å². The minimum Gasteiger partial charge on any atom is -0.351 e. The number of rotatable bonds is 3. The predicted molar refractivity (Wildman–Crippen MR) is 108 cm³/mol. The molecule has 0 aliphatic carbocycles. The second kappa shape index (κ2) is 7.16. The monoisotopic (exact) mass is 389 g/mol. The first kappa shape index (κ1) is 17.6. The van der Waals surface area contributed by atoms with Crippen molar-refractivity contribution >= 4 is 16.8 Å². The van der Waals surface area contributed by atoms with Gasteiger partial charge in [-0.05, 0) is 49.2 Å². The summed E-state index contributed by atoms with van der Waals surface area (Å²) in [7, 11) is 0. The summed E-state index contributed by atoms with van der Waals surface area (Å²) in [5.74, 6) is -0.238. The van der Waals surface area contributed by atoms with Gasteiger partial charge in [0, 0.05) is 29.6 Å². The number of amides is 1. The van der Waals surface area contributed by atoms with E-state index in [-0.39, 0.29) is 17.8 Å². The molecule has 0 spiro atoms. The third-order valence-electron chi connectivity index (χ3n) is 5.54.